The number of likely N-dealkylation sites (N-methyl/N-ethyl adjacent to an activating group) is 1. The van der Waals surface area contributed by atoms with E-state index in [0.717, 1.165) is 44.2 Å². The number of primary amides is 1. The number of piperidine rings is 2. The van der Waals surface area contributed by atoms with Crippen molar-refractivity contribution in [3.63, 3.8) is 0 Å². The van der Waals surface area contributed by atoms with Gasteiger partial charge in [-0.3, -0.25) is 4.79 Å². The highest BCUT2D eigenvalue weighted by atomic mass is 16.2. The molecule has 3 N–H and O–H groups in total. The zero-order valence-corrected chi connectivity index (χ0v) is 22.2. The highest BCUT2D eigenvalue weighted by molar-refractivity contribution is 5.96. The van der Waals surface area contributed by atoms with Crippen molar-refractivity contribution in [3.05, 3.63) is 41.7 Å². The van der Waals surface area contributed by atoms with Crippen LogP contribution >= 0.6 is 0 Å². The van der Waals surface area contributed by atoms with Crippen molar-refractivity contribution in [1.82, 2.24) is 24.7 Å². The number of hydrogen-bond acceptors (Lipinski definition) is 7. The van der Waals surface area contributed by atoms with Crippen molar-refractivity contribution >= 4 is 29.3 Å². The van der Waals surface area contributed by atoms with E-state index < -0.39 is 5.91 Å². The van der Waals surface area contributed by atoms with E-state index in [1.165, 1.54) is 44.3 Å². The first-order valence-electron chi connectivity index (χ1n) is 14.0. The van der Waals surface area contributed by atoms with Crippen LogP contribution < -0.4 is 16.0 Å². The average molecular weight is 519 g/mol. The van der Waals surface area contributed by atoms with Gasteiger partial charge in [0.15, 0.2) is 11.5 Å². The fraction of sp³-hybridized carbons (Fsp3) is 0.571. The van der Waals surface area contributed by atoms with Crippen LogP contribution in [0, 0.1) is 0 Å². The lowest BCUT2D eigenvalue weighted by Gasteiger charge is -2.37. The van der Waals surface area contributed by atoms with Crippen molar-refractivity contribution in [3.8, 4) is 0 Å². The van der Waals surface area contributed by atoms with Gasteiger partial charge in [-0.05, 0) is 75.2 Å². The number of anilines is 3. The first-order valence-corrected chi connectivity index (χ1v) is 14.0. The Morgan fingerprint density at radius 2 is 1.74 bits per heavy atom. The molecular formula is C28H38N8O2. The molecule has 10 nitrogen and oxygen atoms in total. The summed E-state index contributed by atoms with van der Waals surface area (Å²) in [6, 6.07) is 9.53. The average Bonchev–Trinajstić information content (AvgIpc) is 3.74. The molecule has 1 aromatic carbocycles. The smallest absolute Gasteiger partial charge is 0.320 e. The predicted octanol–water partition coefficient (Wildman–Crippen LogP) is 3.00. The van der Waals surface area contributed by atoms with Crippen LogP contribution in [0.2, 0.25) is 0 Å². The van der Waals surface area contributed by atoms with Crippen molar-refractivity contribution in [2.45, 2.75) is 56.5 Å². The third-order valence-corrected chi connectivity index (χ3v) is 8.64. The number of nitrogens with two attached hydrogens (primary N) is 1. The van der Waals surface area contributed by atoms with Gasteiger partial charge in [-0.15, -0.1) is 0 Å². The number of hydrogen-bond donors (Lipinski definition) is 2. The largest absolute Gasteiger partial charge is 0.364 e. The number of benzene rings is 1. The summed E-state index contributed by atoms with van der Waals surface area (Å²) in [5.41, 5.74) is 7.97. The van der Waals surface area contributed by atoms with Gasteiger partial charge in [0.1, 0.15) is 5.82 Å². The quantitative estimate of drug-likeness (QED) is 0.580. The van der Waals surface area contributed by atoms with E-state index in [-0.39, 0.29) is 17.8 Å². The zero-order chi connectivity index (χ0) is 26.2. The maximum atomic E-state index is 12.5. The molecule has 1 aliphatic carbocycles. The monoisotopic (exact) mass is 518 g/mol. The summed E-state index contributed by atoms with van der Waals surface area (Å²) in [5.74, 6) is 1.02. The van der Waals surface area contributed by atoms with Crippen molar-refractivity contribution in [2.75, 3.05) is 56.5 Å². The molecule has 6 rings (SSSR count). The number of carbonyl (C=O) groups excluding carboxylic acids is 2. The molecular weight excluding hydrogens is 480 g/mol. The minimum Gasteiger partial charge on any atom is -0.364 e. The molecule has 4 heterocycles. The molecule has 1 atom stereocenters. The number of nitrogens with zero attached hydrogens (tertiary/aromatic N) is 6. The molecule has 202 valence electrons. The fourth-order valence-electron chi connectivity index (χ4n) is 6.24. The number of nitrogens with one attached hydrogen (secondary N) is 1. The molecule has 38 heavy (non-hydrogen) atoms. The molecule has 1 saturated carbocycles. The molecule has 0 bridgehead atoms. The van der Waals surface area contributed by atoms with Crippen LogP contribution in [0.15, 0.2) is 30.5 Å². The van der Waals surface area contributed by atoms with Crippen molar-refractivity contribution < 1.29 is 9.59 Å². The fourth-order valence-corrected chi connectivity index (χ4v) is 6.24. The van der Waals surface area contributed by atoms with Crippen LogP contribution in [0.5, 0.6) is 0 Å². The van der Waals surface area contributed by atoms with E-state index in [2.05, 4.69) is 32.2 Å². The number of amides is 3. The van der Waals surface area contributed by atoms with Gasteiger partial charge >= 0.3 is 6.03 Å². The van der Waals surface area contributed by atoms with Crippen molar-refractivity contribution in [2.24, 2.45) is 5.73 Å². The lowest BCUT2D eigenvalue weighted by molar-refractivity contribution is 0.0996. The zero-order valence-electron chi connectivity index (χ0n) is 22.2. The number of likely N-dealkylation sites (tertiary alicyclic amines) is 1. The van der Waals surface area contributed by atoms with Crippen LogP contribution in [-0.2, 0) is 0 Å². The minimum atomic E-state index is -0.618. The van der Waals surface area contributed by atoms with E-state index in [1.54, 1.807) is 11.1 Å². The Hall–Kier alpha value is -3.40. The second-order valence-corrected chi connectivity index (χ2v) is 11.2. The molecule has 0 radical (unpaired) electrons. The Bertz CT molecular complexity index is 1180. The van der Waals surface area contributed by atoms with Gasteiger partial charge in [0.2, 0.25) is 0 Å². The van der Waals surface area contributed by atoms with Gasteiger partial charge in [0.05, 0.1) is 12.2 Å². The van der Waals surface area contributed by atoms with Crippen LogP contribution in [-0.4, -0.2) is 95.0 Å². The Kier molecular flexibility index (Phi) is 6.82. The highest BCUT2D eigenvalue weighted by Gasteiger charge is 2.35. The summed E-state index contributed by atoms with van der Waals surface area (Å²) in [5, 5.41) is 3.29. The van der Waals surface area contributed by atoms with Gasteiger partial charge in [-0.25, -0.2) is 14.8 Å². The number of urea groups is 1. The molecule has 3 aliphatic heterocycles. The van der Waals surface area contributed by atoms with E-state index >= 15 is 0 Å². The summed E-state index contributed by atoms with van der Waals surface area (Å²) in [6.45, 7) is 5.42. The maximum absolute atomic E-state index is 12.5. The molecule has 2 aromatic rings. The number of rotatable bonds is 7. The van der Waals surface area contributed by atoms with Gasteiger partial charge in [0.25, 0.3) is 5.91 Å². The number of aromatic nitrogens is 2. The third-order valence-electron chi connectivity index (χ3n) is 8.64. The first kappa shape index (κ1) is 24.9. The van der Waals surface area contributed by atoms with Crippen LogP contribution in [0.3, 0.4) is 0 Å². The molecule has 4 aliphatic rings. The summed E-state index contributed by atoms with van der Waals surface area (Å²) < 4.78 is 0. The lowest BCUT2D eigenvalue weighted by atomic mass is 9.89. The van der Waals surface area contributed by atoms with Gasteiger partial charge in [-0.2, -0.15) is 0 Å². The second-order valence-electron chi connectivity index (χ2n) is 11.2. The second kappa shape index (κ2) is 10.4. The normalized spacial score (nSPS) is 23.2. The molecule has 1 unspecified atom stereocenters. The summed E-state index contributed by atoms with van der Waals surface area (Å²) >= 11 is 0. The molecule has 10 heteroatoms. The molecule has 1 aromatic heterocycles. The molecule has 0 spiro atoms. The summed E-state index contributed by atoms with van der Waals surface area (Å²) in [7, 11) is 1.85. The summed E-state index contributed by atoms with van der Waals surface area (Å²) in [4.78, 5) is 42.4. The van der Waals surface area contributed by atoms with E-state index in [4.69, 9.17) is 10.7 Å². The predicted molar refractivity (Wildman–Crippen MR) is 147 cm³/mol. The van der Waals surface area contributed by atoms with E-state index in [0.29, 0.717) is 24.1 Å². The lowest BCUT2D eigenvalue weighted by Crippen LogP contribution is -2.49. The van der Waals surface area contributed by atoms with Crippen LogP contribution in [0.4, 0.5) is 22.1 Å². The Morgan fingerprint density at radius 3 is 2.39 bits per heavy atom. The van der Waals surface area contributed by atoms with Gasteiger partial charge in [0, 0.05) is 45.0 Å². The van der Waals surface area contributed by atoms with Crippen LogP contribution in [0.1, 0.15) is 60.5 Å². The SMILES string of the molecule is CN1CCN(C2CCCN(c3cnc(C(N)=O)c(Nc4ccc(C5CCN(C6CC6)CC5)cc4)n3)C2)C1=O. The Balaban J connectivity index is 1.15. The third kappa shape index (κ3) is 5.14. The van der Waals surface area contributed by atoms with Crippen molar-refractivity contribution in [1.29, 1.82) is 0 Å². The number of carbonyl (C=O) groups is 2. The van der Waals surface area contributed by atoms with E-state index in [9.17, 15) is 9.59 Å². The highest BCUT2D eigenvalue weighted by Crippen LogP contribution is 2.35. The molecule has 3 saturated heterocycles. The van der Waals surface area contributed by atoms with Crippen LogP contribution in [0.25, 0.3) is 0 Å². The van der Waals surface area contributed by atoms with Gasteiger partial charge in [-0.1, -0.05) is 12.1 Å². The van der Waals surface area contributed by atoms with Gasteiger partial charge < -0.3 is 30.7 Å². The summed E-state index contributed by atoms with van der Waals surface area (Å²) in [6.07, 6.45) is 8.70. The van der Waals surface area contributed by atoms with E-state index in [1.807, 2.05) is 24.1 Å². The maximum Gasteiger partial charge on any atom is 0.320 e. The first-order chi connectivity index (χ1) is 18.5. The topological polar surface area (TPSA) is 111 Å². The molecule has 4 fully saturated rings. The molecule has 3 amide bonds. The Morgan fingerprint density at radius 1 is 0.974 bits per heavy atom. The standard InChI is InChI=1S/C28H38N8O2/c1-33-15-16-36(28(33)38)23-3-2-12-35(18-23)24-17-30-25(26(29)37)27(32-24)31-21-6-4-19(5-7-21)20-10-13-34(14-11-20)22-8-9-22/h4-7,17,20,22-23H,2-3,8-16,18H2,1H3,(H2,29,37)(H,31,32). The minimum absolute atomic E-state index is 0.0891. The Labute approximate surface area is 224 Å².